The van der Waals surface area contributed by atoms with Gasteiger partial charge in [-0.3, -0.25) is 9.80 Å². The number of hydrogen-bond donors (Lipinski definition) is 0. The second-order valence-electron chi connectivity index (χ2n) is 19.1. The number of amides is 1. The first-order valence-electron chi connectivity index (χ1n) is 17.7. The van der Waals surface area contributed by atoms with Crippen LogP contribution >= 0.6 is 0 Å². The van der Waals surface area contributed by atoms with Crippen molar-refractivity contribution in [1.29, 1.82) is 0 Å². The van der Waals surface area contributed by atoms with Gasteiger partial charge in [0, 0.05) is 30.3 Å². The van der Waals surface area contributed by atoms with Crippen molar-refractivity contribution < 1.29 is 18.4 Å². The molecule has 1 aromatic carbocycles. The Bertz CT molecular complexity index is 1110. The van der Waals surface area contributed by atoms with Gasteiger partial charge in [-0.2, -0.15) is 0 Å². The summed E-state index contributed by atoms with van der Waals surface area (Å²) in [4.78, 5) is 17.2. The Morgan fingerprint density at radius 1 is 0.739 bits per heavy atom. The molecule has 266 valence electrons. The Labute approximate surface area is 286 Å². The van der Waals surface area contributed by atoms with Crippen LogP contribution in [-0.4, -0.2) is 74.5 Å². The van der Waals surface area contributed by atoms with E-state index in [9.17, 15) is 4.79 Å². The number of nitrogens with zero attached hydrogens (tertiary/aromatic N) is 2. The molecule has 2 saturated heterocycles. The van der Waals surface area contributed by atoms with E-state index < -0.39 is 22.2 Å². The summed E-state index contributed by atoms with van der Waals surface area (Å²) in [7, 11) is -3.48. The van der Waals surface area contributed by atoms with E-state index >= 15 is 0 Å². The Morgan fingerprint density at radius 2 is 1.17 bits per heavy atom. The zero-order valence-electron chi connectivity index (χ0n) is 33.0. The van der Waals surface area contributed by atoms with Gasteiger partial charge in [0.15, 0.2) is 16.6 Å². The number of benzene rings is 1. The maximum atomic E-state index is 12.7. The fraction of sp³-hybridized carbons (Fsp3) is 0.816. The van der Waals surface area contributed by atoms with Crippen LogP contribution in [-0.2, 0) is 20.1 Å². The molecule has 3 rings (SSSR count). The molecule has 2 atom stereocenters. The maximum absolute atomic E-state index is 12.7. The summed E-state index contributed by atoms with van der Waals surface area (Å²) >= 11 is 0. The SMILES string of the molecule is CC(C)(C)OC(=O)N1[C@@H](CO[Si](C)(C)C(C)(C)C)CCC1(C)C.CC1(C)CC[C@H](CO[Si](C)(C)C(C)(C)C)N1Cc1ccccc1. The van der Waals surface area contributed by atoms with E-state index in [1.807, 2.05) is 25.7 Å². The van der Waals surface area contributed by atoms with E-state index in [-0.39, 0.29) is 33.3 Å². The number of hydrogen-bond acceptors (Lipinski definition) is 5. The van der Waals surface area contributed by atoms with Crippen molar-refractivity contribution in [2.75, 3.05) is 13.2 Å². The molecule has 0 spiro atoms. The molecule has 8 heteroatoms. The van der Waals surface area contributed by atoms with Gasteiger partial charge in [-0.05, 0) is 116 Å². The highest BCUT2D eigenvalue weighted by Crippen LogP contribution is 2.41. The van der Waals surface area contributed by atoms with Crippen LogP contribution in [0.3, 0.4) is 0 Å². The first-order valence-corrected chi connectivity index (χ1v) is 23.5. The molecule has 46 heavy (non-hydrogen) atoms. The second-order valence-corrected chi connectivity index (χ2v) is 28.7. The van der Waals surface area contributed by atoms with E-state index in [4.69, 9.17) is 13.6 Å². The highest BCUT2D eigenvalue weighted by Gasteiger charge is 2.46. The van der Waals surface area contributed by atoms with Crippen LogP contribution in [0.1, 0.15) is 121 Å². The van der Waals surface area contributed by atoms with Crippen LogP contribution in [0.2, 0.25) is 36.3 Å². The van der Waals surface area contributed by atoms with Gasteiger partial charge in [-0.25, -0.2) is 4.79 Å². The van der Waals surface area contributed by atoms with E-state index in [0.29, 0.717) is 12.6 Å². The molecule has 0 aliphatic carbocycles. The second kappa shape index (κ2) is 14.7. The van der Waals surface area contributed by atoms with Gasteiger partial charge in [0.25, 0.3) is 0 Å². The molecule has 2 heterocycles. The standard InChI is InChI=1S/C20H35NOSi.C18H37NO3Si/c1-19(2,3)23(6,7)22-16-18-13-14-20(4,5)21(18)15-17-11-9-8-10-12-17;1-16(2,3)22-15(20)19-14(11-12-18(19,7)8)13-21-23(9,10)17(4,5)6/h8-12,18H,13-16H2,1-7H3;14H,11-13H2,1-10H3/t18-;14-/m11/s1. The zero-order chi connectivity index (χ0) is 35.6. The minimum Gasteiger partial charge on any atom is -0.444 e. The molecule has 2 aliphatic heterocycles. The van der Waals surface area contributed by atoms with E-state index in [0.717, 1.165) is 26.0 Å². The van der Waals surface area contributed by atoms with Gasteiger partial charge in [0.05, 0.1) is 12.6 Å². The number of ether oxygens (including phenoxy) is 1. The van der Waals surface area contributed by atoms with Crippen molar-refractivity contribution in [2.24, 2.45) is 0 Å². The molecule has 2 fully saturated rings. The lowest BCUT2D eigenvalue weighted by molar-refractivity contribution is -0.00167. The fourth-order valence-corrected chi connectivity index (χ4v) is 7.87. The van der Waals surface area contributed by atoms with Gasteiger partial charge >= 0.3 is 6.09 Å². The summed E-state index contributed by atoms with van der Waals surface area (Å²) in [6, 6.07) is 11.5. The third-order valence-electron chi connectivity index (χ3n) is 11.1. The van der Waals surface area contributed by atoms with Gasteiger partial charge < -0.3 is 13.6 Å². The number of likely N-dealkylation sites (tertiary alicyclic amines) is 2. The molecule has 1 amide bonds. The van der Waals surface area contributed by atoms with Crippen LogP contribution in [0.5, 0.6) is 0 Å². The lowest BCUT2D eigenvalue weighted by atomic mass is 10.0. The minimum atomic E-state index is -1.81. The lowest BCUT2D eigenvalue weighted by Gasteiger charge is -2.40. The van der Waals surface area contributed by atoms with Crippen molar-refractivity contribution in [3.05, 3.63) is 35.9 Å². The predicted octanol–water partition coefficient (Wildman–Crippen LogP) is 10.6. The summed E-state index contributed by atoms with van der Waals surface area (Å²) in [6.45, 7) is 40.1. The monoisotopic (exact) mass is 677 g/mol. The van der Waals surface area contributed by atoms with Crippen LogP contribution in [0.4, 0.5) is 4.79 Å². The topological polar surface area (TPSA) is 51.2 Å². The Morgan fingerprint density at radius 3 is 1.63 bits per heavy atom. The number of carbonyl (C=O) groups is 1. The van der Waals surface area contributed by atoms with Crippen molar-refractivity contribution in [3.8, 4) is 0 Å². The predicted molar refractivity (Wildman–Crippen MR) is 201 cm³/mol. The average molecular weight is 677 g/mol. The first kappa shape index (κ1) is 41.0. The third-order valence-corrected chi connectivity index (χ3v) is 20.1. The molecule has 1 aromatic rings. The molecule has 2 aliphatic rings. The Hall–Kier alpha value is -1.20. The summed E-state index contributed by atoms with van der Waals surface area (Å²) < 4.78 is 18.5. The van der Waals surface area contributed by atoms with Crippen molar-refractivity contribution >= 4 is 22.7 Å². The van der Waals surface area contributed by atoms with Crippen LogP contribution < -0.4 is 0 Å². The van der Waals surface area contributed by atoms with Gasteiger partial charge in [-0.1, -0.05) is 71.9 Å². The van der Waals surface area contributed by atoms with Gasteiger partial charge in [0.1, 0.15) is 5.60 Å². The number of carbonyl (C=O) groups excluding carboxylic acids is 1. The molecule has 0 radical (unpaired) electrons. The first-order chi connectivity index (χ1) is 20.6. The molecule has 0 N–H and O–H groups in total. The molecule has 6 nitrogen and oxygen atoms in total. The normalized spacial score (nSPS) is 22.4. The highest BCUT2D eigenvalue weighted by atomic mass is 28.4. The molecule has 0 unspecified atom stereocenters. The van der Waals surface area contributed by atoms with Crippen LogP contribution in [0.25, 0.3) is 0 Å². The highest BCUT2D eigenvalue weighted by molar-refractivity contribution is 6.74. The molecule has 0 bridgehead atoms. The average Bonchev–Trinajstić information content (AvgIpc) is 3.34. The summed E-state index contributed by atoms with van der Waals surface area (Å²) in [5, 5.41) is 0.462. The van der Waals surface area contributed by atoms with E-state index in [2.05, 4.69) is 131 Å². The molecular weight excluding hydrogens is 605 g/mol. The quantitative estimate of drug-likeness (QED) is 0.257. The lowest BCUT2D eigenvalue weighted by Crippen LogP contribution is -2.52. The van der Waals surface area contributed by atoms with Gasteiger partial charge in [0.2, 0.25) is 0 Å². The minimum absolute atomic E-state index is 0.106. The molecule has 0 saturated carbocycles. The maximum Gasteiger partial charge on any atom is 0.411 e. The Kier molecular flexibility index (Phi) is 13.1. The number of rotatable bonds is 8. The molecule has 0 aromatic heterocycles. The largest absolute Gasteiger partial charge is 0.444 e. The summed E-state index contributed by atoms with van der Waals surface area (Å²) in [5.41, 5.74) is 1.02. The summed E-state index contributed by atoms with van der Waals surface area (Å²) in [5.74, 6) is 0. The van der Waals surface area contributed by atoms with Crippen molar-refractivity contribution in [1.82, 2.24) is 9.80 Å². The fourth-order valence-electron chi connectivity index (χ4n) is 5.78. The Balaban J connectivity index is 0.000000320. The van der Waals surface area contributed by atoms with Crippen molar-refractivity contribution in [3.63, 3.8) is 0 Å². The van der Waals surface area contributed by atoms with Crippen LogP contribution in [0, 0.1) is 0 Å². The van der Waals surface area contributed by atoms with E-state index in [1.54, 1.807) is 0 Å². The molecular formula is C38H72N2O4Si2. The smallest absolute Gasteiger partial charge is 0.411 e. The zero-order valence-corrected chi connectivity index (χ0v) is 35.0. The van der Waals surface area contributed by atoms with Crippen LogP contribution in [0.15, 0.2) is 30.3 Å². The van der Waals surface area contributed by atoms with Crippen molar-refractivity contribution in [2.45, 2.75) is 187 Å². The van der Waals surface area contributed by atoms with Gasteiger partial charge in [-0.15, -0.1) is 0 Å². The summed E-state index contributed by atoms with van der Waals surface area (Å²) in [6.07, 6.45) is 4.24. The van der Waals surface area contributed by atoms with E-state index in [1.165, 1.54) is 18.4 Å². The third kappa shape index (κ3) is 11.2.